The summed E-state index contributed by atoms with van der Waals surface area (Å²) in [6.45, 7) is 1.89. The number of aromatic nitrogens is 2. The Morgan fingerprint density at radius 3 is 2.76 bits per heavy atom. The molecule has 0 radical (unpaired) electrons. The third-order valence-corrected chi connectivity index (χ3v) is 3.43. The standard InChI is InChI=1S/C11H17ClN4.ClH/c1-7-6-14-11(16-10(7)12)15-9-5-3-2-4-8(9)13;/h6,8-9H,2-5,13H2,1H3,(H,14,15,16);1H. The topological polar surface area (TPSA) is 63.8 Å². The summed E-state index contributed by atoms with van der Waals surface area (Å²) in [4.78, 5) is 8.39. The van der Waals surface area contributed by atoms with Crippen molar-refractivity contribution in [1.29, 1.82) is 0 Å². The largest absolute Gasteiger partial charge is 0.350 e. The van der Waals surface area contributed by atoms with E-state index in [1.807, 2.05) is 6.92 Å². The van der Waals surface area contributed by atoms with E-state index in [4.69, 9.17) is 17.3 Å². The van der Waals surface area contributed by atoms with Crippen LogP contribution < -0.4 is 11.1 Å². The molecule has 2 unspecified atom stereocenters. The van der Waals surface area contributed by atoms with Gasteiger partial charge in [-0.2, -0.15) is 0 Å². The van der Waals surface area contributed by atoms with Crippen LogP contribution in [0.1, 0.15) is 31.2 Å². The molecule has 1 aromatic rings. The fourth-order valence-corrected chi connectivity index (χ4v) is 2.12. The molecular formula is C11H18Cl2N4. The number of nitrogens with one attached hydrogen (secondary N) is 1. The van der Waals surface area contributed by atoms with E-state index >= 15 is 0 Å². The number of anilines is 1. The lowest BCUT2D eigenvalue weighted by molar-refractivity contribution is 0.402. The lowest BCUT2D eigenvalue weighted by Gasteiger charge is -2.29. The van der Waals surface area contributed by atoms with Crippen molar-refractivity contribution in [1.82, 2.24) is 9.97 Å². The molecule has 0 amide bonds. The zero-order valence-corrected chi connectivity index (χ0v) is 11.4. The minimum atomic E-state index is 0. The van der Waals surface area contributed by atoms with Gasteiger partial charge in [-0.25, -0.2) is 9.97 Å². The van der Waals surface area contributed by atoms with Crippen LogP contribution in [0.4, 0.5) is 5.95 Å². The van der Waals surface area contributed by atoms with Crippen LogP contribution in [0, 0.1) is 6.92 Å². The Morgan fingerprint density at radius 1 is 1.41 bits per heavy atom. The molecule has 3 N–H and O–H groups in total. The van der Waals surface area contributed by atoms with Gasteiger partial charge in [-0.1, -0.05) is 24.4 Å². The van der Waals surface area contributed by atoms with Crippen molar-refractivity contribution >= 4 is 30.0 Å². The normalized spacial score (nSPS) is 23.9. The SMILES string of the molecule is Cc1cnc(NC2CCCCC2N)nc1Cl.Cl. The van der Waals surface area contributed by atoms with E-state index in [1.54, 1.807) is 6.20 Å². The average Bonchev–Trinajstić information content (AvgIpc) is 2.27. The minimum Gasteiger partial charge on any atom is -0.350 e. The summed E-state index contributed by atoms with van der Waals surface area (Å²) in [5, 5.41) is 3.77. The highest BCUT2D eigenvalue weighted by Gasteiger charge is 2.22. The Labute approximate surface area is 113 Å². The van der Waals surface area contributed by atoms with Gasteiger partial charge in [0.1, 0.15) is 5.15 Å². The van der Waals surface area contributed by atoms with Gasteiger partial charge in [0, 0.05) is 23.8 Å². The highest BCUT2D eigenvalue weighted by molar-refractivity contribution is 6.30. The van der Waals surface area contributed by atoms with E-state index in [9.17, 15) is 0 Å². The van der Waals surface area contributed by atoms with E-state index < -0.39 is 0 Å². The molecule has 0 spiro atoms. The number of nitrogens with zero attached hydrogens (tertiary/aromatic N) is 2. The van der Waals surface area contributed by atoms with Gasteiger partial charge in [0.25, 0.3) is 0 Å². The fourth-order valence-electron chi connectivity index (χ4n) is 2.00. The quantitative estimate of drug-likeness (QED) is 0.815. The highest BCUT2D eigenvalue weighted by Crippen LogP contribution is 2.20. The van der Waals surface area contributed by atoms with Crippen molar-refractivity contribution < 1.29 is 0 Å². The van der Waals surface area contributed by atoms with Crippen molar-refractivity contribution in [3.05, 3.63) is 16.9 Å². The van der Waals surface area contributed by atoms with Gasteiger partial charge in [0.2, 0.25) is 5.95 Å². The maximum Gasteiger partial charge on any atom is 0.224 e. The van der Waals surface area contributed by atoms with E-state index in [1.165, 1.54) is 12.8 Å². The van der Waals surface area contributed by atoms with Gasteiger partial charge < -0.3 is 11.1 Å². The van der Waals surface area contributed by atoms with Crippen molar-refractivity contribution in [2.24, 2.45) is 5.73 Å². The predicted octanol–water partition coefficient (Wildman–Crippen LogP) is 2.54. The first-order valence-corrected chi connectivity index (χ1v) is 6.06. The van der Waals surface area contributed by atoms with Crippen molar-refractivity contribution in [2.75, 3.05) is 5.32 Å². The third-order valence-electron chi connectivity index (χ3n) is 3.04. The van der Waals surface area contributed by atoms with Gasteiger partial charge in [-0.3, -0.25) is 0 Å². The molecule has 2 atom stereocenters. The van der Waals surface area contributed by atoms with Gasteiger partial charge in [-0.15, -0.1) is 12.4 Å². The Balaban J connectivity index is 0.00000144. The molecule has 1 fully saturated rings. The summed E-state index contributed by atoms with van der Waals surface area (Å²) in [5.41, 5.74) is 6.93. The molecule has 96 valence electrons. The molecule has 0 aliphatic heterocycles. The number of hydrogen-bond donors (Lipinski definition) is 2. The molecule has 1 aliphatic rings. The number of nitrogens with two attached hydrogens (primary N) is 1. The molecule has 0 saturated heterocycles. The van der Waals surface area contributed by atoms with Crippen LogP contribution in [0.3, 0.4) is 0 Å². The molecule has 2 rings (SSSR count). The third kappa shape index (κ3) is 3.69. The maximum absolute atomic E-state index is 6.04. The molecule has 1 saturated carbocycles. The van der Waals surface area contributed by atoms with E-state index in [2.05, 4.69) is 15.3 Å². The van der Waals surface area contributed by atoms with Gasteiger partial charge in [-0.05, 0) is 19.8 Å². The molecule has 0 aromatic carbocycles. The number of aryl methyl sites for hydroxylation is 1. The Kier molecular flexibility index (Phi) is 5.43. The van der Waals surface area contributed by atoms with Gasteiger partial charge in [0.15, 0.2) is 0 Å². The summed E-state index contributed by atoms with van der Waals surface area (Å²) in [7, 11) is 0. The lowest BCUT2D eigenvalue weighted by Crippen LogP contribution is -2.42. The molecular weight excluding hydrogens is 259 g/mol. The maximum atomic E-state index is 6.04. The number of hydrogen-bond acceptors (Lipinski definition) is 4. The summed E-state index contributed by atoms with van der Waals surface area (Å²) >= 11 is 5.95. The van der Waals surface area contributed by atoms with Crippen molar-refractivity contribution in [3.63, 3.8) is 0 Å². The lowest BCUT2D eigenvalue weighted by atomic mass is 9.91. The average molecular weight is 277 g/mol. The molecule has 1 aliphatic carbocycles. The summed E-state index contributed by atoms with van der Waals surface area (Å²) < 4.78 is 0. The second kappa shape index (κ2) is 6.38. The first-order valence-electron chi connectivity index (χ1n) is 5.68. The molecule has 0 bridgehead atoms. The van der Waals surface area contributed by atoms with E-state index in [-0.39, 0.29) is 24.5 Å². The zero-order chi connectivity index (χ0) is 11.5. The van der Waals surface area contributed by atoms with Crippen LogP contribution in [0.2, 0.25) is 5.15 Å². The molecule has 17 heavy (non-hydrogen) atoms. The van der Waals surface area contributed by atoms with Crippen LogP contribution in [-0.2, 0) is 0 Å². The summed E-state index contributed by atoms with van der Waals surface area (Å²) in [6.07, 6.45) is 6.30. The van der Waals surface area contributed by atoms with Crippen molar-refractivity contribution in [2.45, 2.75) is 44.7 Å². The minimum absolute atomic E-state index is 0. The smallest absolute Gasteiger partial charge is 0.224 e. The molecule has 4 nitrogen and oxygen atoms in total. The highest BCUT2D eigenvalue weighted by atomic mass is 35.5. The Morgan fingerprint density at radius 2 is 2.12 bits per heavy atom. The van der Waals surface area contributed by atoms with Crippen LogP contribution >= 0.6 is 24.0 Å². The van der Waals surface area contributed by atoms with Crippen LogP contribution in [0.5, 0.6) is 0 Å². The summed E-state index contributed by atoms with van der Waals surface area (Å²) in [5.74, 6) is 0.581. The monoisotopic (exact) mass is 276 g/mol. The second-order valence-electron chi connectivity index (χ2n) is 4.37. The van der Waals surface area contributed by atoms with Gasteiger partial charge >= 0.3 is 0 Å². The molecule has 6 heteroatoms. The molecule has 1 aromatic heterocycles. The van der Waals surface area contributed by atoms with E-state index in [0.717, 1.165) is 18.4 Å². The first-order chi connectivity index (χ1) is 7.66. The summed E-state index contributed by atoms with van der Waals surface area (Å²) in [6, 6.07) is 0.463. The van der Waals surface area contributed by atoms with E-state index in [0.29, 0.717) is 11.1 Å². The number of halogens is 2. The zero-order valence-electron chi connectivity index (χ0n) is 9.82. The van der Waals surface area contributed by atoms with Gasteiger partial charge in [0.05, 0.1) is 0 Å². The first kappa shape index (κ1) is 14.5. The Hall–Kier alpha value is -0.580. The predicted molar refractivity (Wildman–Crippen MR) is 72.9 cm³/mol. The van der Waals surface area contributed by atoms with Crippen molar-refractivity contribution in [3.8, 4) is 0 Å². The second-order valence-corrected chi connectivity index (χ2v) is 4.72. The molecule has 1 heterocycles. The van der Waals surface area contributed by atoms with Crippen LogP contribution in [0.25, 0.3) is 0 Å². The van der Waals surface area contributed by atoms with Crippen LogP contribution in [-0.4, -0.2) is 22.1 Å². The van der Waals surface area contributed by atoms with Crippen LogP contribution in [0.15, 0.2) is 6.20 Å². The number of rotatable bonds is 2. The Bertz CT molecular complexity index is 372. The fraction of sp³-hybridized carbons (Fsp3) is 0.636.